The number of anilines is 1. The van der Waals surface area contributed by atoms with Crippen molar-refractivity contribution in [2.45, 2.75) is 32.8 Å². The number of furan rings is 1. The number of aryl methyl sites for hydroxylation is 3. The fourth-order valence-corrected chi connectivity index (χ4v) is 3.48. The smallest absolute Gasteiger partial charge is 0.343 e. The number of ether oxygens (including phenoxy) is 2. The summed E-state index contributed by atoms with van der Waals surface area (Å²) in [6.07, 6.45) is 4.75. The van der Waals surface area contributed by atoms with Gasteiger partial charge in [0.1, 0.15) is 29.5 Å². The highest BCUT2D eigenvalue weighted by Crippen LogP contribution is 2.26. The van der Waals surface area contributed by atoms with Gasteiger partial charge in [-0.1, -0.05) is 6.07 Å². The van der Waals surface area contributed by atoms with Gasteiger partial charge in [0.2, 0.25) is 0 Å². The van der Waals surface area contributed by atoms with Gasteiger partial charge in [-0.25, -0.2) is 4.79 Å². The number of hydrogen-bond acceptors (Lipinski definition) is 6. The van der Waals surface area contributed by atoms with E-state index in [9.17, 15) is 9.59 Å². The van der Waals surface area contributed by atoms with Gasteiger partial charge in [0.05, 0.1) is 12.8 Å². The van der Waals surface area contributed by atoms with Crippen LogP contribution >= 0.6 is 0 Å². The minimum absolute atomic E-state index is 0.110. The third-order valence-electron chi connectivity index (χ3n) is 5.00. The molecule has 3 aromatic rings. The lowest BCUT2D eigenvalue weighted by Crippen LogP contribution is -2.17. The molecule has 1 aliphatic carbocycles. The molecule has 2 heterocycles. The summed E-state index contributed by atoms with van der Waals surface area (Å²) in [7, 11) is 1.62. The first-order chi connectivity index (χ1) is 14.5. The average Bonchev–Trinajstić information content (AvgIpc) is 3.47. The van der Waals surface area contributed by atoms with Crippen LogP contribution in [-0.4, -0.2) is 28.3 Å². The first-order valence-electron chi connectivity index (χ1n) is 9.89. The molecule has 0 aliphatic heterocycles. The number of fused-ring (bicyclic) bond motifs is 1. The molecule has 8 nitrogen and oxygen atoms in total. The maximum Gasteiger partial charge on any atom is 0.343 e. The monoisotopic (exact) mass is 409 g/mol. The molecule has 0 bridgehead atoms. The lowest BCUT2D eigenvalue weighted by molar-refractivity contribution is 0.0527. The van der Waals surface area contributed by atoms with Gasteiger partial charge in [0.25, 0.3) is 5.91 Å². The molecule has 30 heavy (non-hydrogen) atoms. The van der Waals surface area contributed by atoms with Crippen molar-refractivity contribution in [2.75, 3.05) is 11.9 Å². The number of carbonyl (C=O) groups excluding carboxylic acids is 2. The van der Waals surface area contributed by atoms with Crippen molar-refractivity contribution >= 4 is 17.7 Å². The molecule has 0 radical (unpaired) electrons. The topological polar surface area (TPSA) is 95.6 Å². The van der Waals surface area contributed by atoms with Crippen LogP contribution in [0.1, 0.15) is 51.1 Å². The Labute approximate surface area is 173 Å². The van der Waals surface area contributed by atoms with E-state index in [0.717, 1.165) is 18.6 Å². The molecule has 4 rings (SSSR count). The van der Waals surface area contributed by atoms with E-state index in [-0.39, 0.29) is 30.4 Å². The molecule has 2 aromatic heterocycles. The number of hydrogen-bond donors (Lipinski definition) is 1. The molecule has 156 valence electrons. The first-order valence-corrected chi connectivity index (χ1v) is 9.89. The highest BCUT2D eigenvalue weighted by atomic mass is 16.5. The third-order valence-corrected chi connectivity index (χ3v) is 5.00. The Morgan fingerprint density at radius 1 is 1.20 bits per heavy atom. The number of benzene rings is 1. The van der Waals surface area contributed by atoms with E-state index in [2.05, 4.69) is 22.5 Å². The number of carbonyl (C=O) groups is 2. The summed E-state index contributed by atoms with van der Waals surface area (Å²) in [6, 6.07) is 9.39. The summed E-state index contributed by atoms with van der Waals surface area (Å²) < 4.78 is 17.8. The zero-order valence-electron chi connectivity index (χ0n) is 16.9. The normalized spacial score (nSPS) is 12.5. The van der Waals surface area contributed by atoms with Gasteiger partial charge < -0.3 is 19.2 Å². The van der Waals surface area contributed by atoms with Crippen LogP contribution < -0.4 is 10.1 Å². The summed E-state index contributed by atoms with van der Waals surface area (Å²) in [6.45, 7) is 2.15. The second kappa shape index (κ2) is 8.44. The van der Waals surface area contributed by atoms with Gasteiger partial charge in [-0.2, -0.15) is 5.10 Å². The van der Waals surface area contributed by atoms with E-state index in [1.165, 1.54) is 28.4 Å². The molecule has 1 amide bonds. The fraction of sp³-hybridized carbons (Fsp3) is 0.318. The quantitative estimate of drug-likeness (QED) is 0.600. The Bertz CT molecular complexity index is 1080. The summed E-state index contributed by atoms with van der Waals surface area (Å²) in [4.78, 5) is 24.6. The Kier molecular flexibility index (Phi) is 5.56. The van der Waals surface area contributed by atoms with Crippen molar-refractivity contribution in [2.24, 2.45) is 7.05 Å². The third kappa shape index (κ3) is 4.07. The van der Waals surface area contributed by atoms with Crippen LogP contribution in [0, 0.1) is 0 Å². The van der Waals surface area contributed by atoms with Crippen molar-refractivity contribution in [3.63, 3.8) is 0 Å². The summed E-state index contributed by atoms with van der Waals surface area (Å²) >= 11 is 0. The minimum Gasteiger partial charge on any atom is -0.486 e. The van der Waals surface area contributed by atoms with E-state index in [1.807, 2.05) is 6.07 Å². The molecule has 1 N–H and O–H groups in total. The molecular formula is C22H23N3O5. The van der Waals surface area contributed by atoms with Gasteiger partial charge in [0, 0.05) is 7.05 Å². The van der Waals surface area contributed by atoms with Crippen LogP contribution in [0.3, 0.4) is 0 Å². The van der Waals surface area contributed by atoms with E-state index >= 15 is 0 Å². The molecule has 1 aromatic carbocycles. The molecule has 0 spiro atoms. The van der Waals surface area contributed by atoms with Crippen LogP contribution in [0.2, 0.25) is 0 Å². The largest absolute Gasteiger partial charge is 0.486 e. The summed E-state index contributed by atoms with van der Waals surface area (Å²) in [5.41, 5.74) is 2.90. The molecular weight excluding hydrogens is 386 g/mol. The van der Waals surface area contributed by atoms with Crippen LogP contribution in [0.15, 0.2) is 40.9 Å². The van der Waals surface area contributed by atoms with Crippen LogP contribution in [0.5, 0.6) is 5.75 Å². The second-order valence-corrected chi connectivity index (χ2v) is 7.04. The van der Waals surface area contributed by atoms with E-state index < -0.39 is 11.9 Å². The average molecular weight is 409 g/mol. The van der Waals surface area contributed by atoms with E-state index in [4.69, 9.17) is 13.9 Å². The van der Waals surface area contributed by atoms with Gasteiger partial charge >= 0.3 is 5.97 Å². The van der Waals surface area contributed by atoms with Crippen molar-refractivity contribution in [3.05, 3.63) is 64.7 Å². The van der Waals surface area contributed by atoms with Gasteiger partial charge in [-0.05, 0) is 61.6 Å². The molecule has 8 heteroatoms. The standard InChI is InChI=1S/C22H23N3O5/c1-3-28-22(27)18-12-23-25(2)20(18)24-21(26)19-10-9-17(30-19)13-29-16-8-7-14-5-4-6-15(14)11-16/h7-12H,3-6,13H2,1-2H3,(H,24,26). The van der Waals surface area contributed by atoms with Gasteiger partial charge in [-0.15, -0.1) is 0 Å². The SMILES string of the molecule is CCOC(=O)c1cnn(C)c1NC(=O)c1ccc(COc2ccc3c(c2)CCC3)o1. The summed E-state index contributed by atoms with van der Waals surface area (Å²) in [5, 5.41) is 6.67. The molecule has 0 unspecified atom stereocenters. The predicted octanol–water partition coefficient (Wildman–Crippen LogP) is 3.51. The number of nitrogens with one attached hydrogen (secondary N) is 1. The lowest BCUT2D eigenvalue weighted by atomic mass is 10.1. The second-order valence-electron chi connectivity index (χ2n) is 7.04. The lowest BCUT2D eigenvalue weighted by Gasteiger charge is -2.07. The highest BCUT2D eigenvalue weighted by molar-refractivity contribution is 6.05. The maximum absolute atomic E-state index is 12.6. The van der Waals surface area contributed by atoms with E-state index in [1.54, 1.807) is 26.1 Å². The summed E-state index contributed by atoms with van der Waals surface area (Å²) in [5.74, 6) is 0.615. The van der Waals surface area contributed by atoms with Crippen LogP contribution in [0.25, 0.3) is 0 Å². The number of esters is 1. The predicted molar refractivity (Wildman–Crippen MR) is 109 cm³/mol. The Morgan fingerprint density at radius 2 is 2.03 bits per heavy atom. The molecule has 0 saturated carbocycles. The van der Waals surface area contributed by atoms with Crippen molar-refractivity contribution in [3.8, 4) is 5.75 Å². The Balaban J connectivity index is 1.40. The molecule has 0 atom stereocenters. The zero-order valence-corrected chi connectivity index (χ0v) is 16.9. The van der Waals surface area contributed by atoms with E-state index in [0.29, 0.717) is 5.76 Å². The molecule has 0 fully saturated rings. The highest BCUT2D eigenvalue weighted by Gasteiger charge is 2.21. The maximum atomic E-state index is 12.6. The van der Waals surface area contributed by atoms with Crippen LogP contribution in [-0.2, 0) is 31.2 Å². The number of aromatic nitrogens is 2. The molecule has 0 saturated heterocycles. The zero-order chi connectivity index (χ0) is 21.1. The van der Waals surface area contributed by atoms with Gasteiger partial charge in [-0.3, -0.25) is 9.48 Å². The number of nitrogens with zero attached hydrogens (tertiary/aromatic N) is 2. The van der Waals surface area contributed by atoms with Crippen LogP contribution in [0.4, 0.5) is 5.82 Å². The number of rotatable bonds is 7. The first kappa shape index (κ1) is 19.8. The van der Waals surface area contributed by atoms with Crippen molar-refractivity contribution in [1.29, 1.82) is 0 Å². The minimum atomic E-state index is -0.552. The Hall–Kier alpha value is -3.55. The Morgan fingerprint density at radius 3 is 2.87 bits per heavy atom. The van der Waals surface area contributed by atoms with Crippen molar-refractivity contribution in [1.82, 2.24) is 9.78 Å². The fourth-order valence-electron chi connectivity index (χ4n) is 3.48. The van der Waals surface area contributed by atoms with Gasteiger partial charge in [0.15, 0.2) is 5.76 Å². The number of amides is 1. The van der Waals surface area contributed by atoms with Crippen molar-refractivity contribution < 1.29 is 23.5 Å². The molecule has 1 aliphatic rings.